The lowest BCUT2D eigenvalue weighted by Gasteiger charge is -2.25. The molecular weight excluding hydrogens is 214 g/mol. The SMILES string of the molecule is Cl.O=C(O)C[C@@H]1NCCc2ccccc21. The van der Waals surface area contributed by atoms with Gasteiger partial charge in [-0.2, -0.15) is 0 Å². The summed E-state index contributed by atoms with van der Waals surface area (Å²) in [5, 5.41) is 12.0. The largest absolute Gasteiger partial charge is 0.481 e. The molecule has 0 radical (unpaired) electrons. The van der Waals surface area contributed by atoms with Crippen LogP contribution in [0.15, 0.2) is 24.3 Å². The van der Waals surface area contributed by atoms with E-state index in [1.165, 1.54) is 5.56 Å². The first-order valence-corrected chi connectivity index (χ1v) is 4.80. The van der Waals surface area contributed by atoms with Crippen LogP contribution in [0.2, 0.25) is 0 Å². The number of hydrogen-bond acceptors (Lipinski definition) is 2. The lowest BCUT2D eigenvalue weighted by molar-refractivity contribution is -0.137. The Balaban J connectivity index is 0.00000112. The van der Waals surface area contributed by atoms with Gasteiger partial charge in [-0.15, -0.1) is 12.4 Å². The van der Waals surface area contributed by atoms with Crippen molar-refractivity contribution in [2.75, 3.05) is 6.54 Å². The number of fused-ring (bicyclic) bond motifs is 1. The van der Waals surface area contributed by atoms with Gasteiger partial charge in [0, 0.05) is 6.04 Å². The first-order chi connectivity index (χ1) is 6.77. The van der Waals surface area contributed by atoms with Crippen molar-refractivity contribution in [3.63, 3.8) is 0 Å². The quantitative estimate of drug-likeness (QED) is 0.810. The van der Waals surface area contributed by atoms with Gasteiger partial charge in [0.2, 0.25) is 0 Å². The van der Waals surface area contributed by atoms with Gasteiger partial charge in [-0.1, -0.05) is 24.3 Å². The van der Waals surface area contributed by atoms with Crippen LogP contribution in [0.25, 0.3) is 0 Å². The van der Waals surface area contributed by atoms with Crippen molar-refractivity contribution >= 4 is 18.4 Å². The molecular formula is C11H14ClNO2. The lowest BCUT2D eigenvalue weighted by Crippen LogP contribution is -2.31. The average molecular weight is 228 g/mol. The number of benzene rings is 1. The van der Waals surface area contributed by atoms with Crippen LogP contribution in [0.5, 0.6) is 0 Å². The lowest BCUT2D eigenvalue weighted by atomic mass is 9.93. The number of aliphatic carboxylic acids is 1. The zero-order valence-corrected chi connectivity index (χ0v) is 9.09. The molecule has 15 heavy (non-hydrogen) atoms. The van der Waals surface area contributed by atoms with Gasteiger partial charge in [0.05, 0.1) is 6.42 Å². The van der Waals surface area contributed by atoms with Crippen molar-refractivity contribution in [2.24, 2.45) is 0 Å². The fourth-order valence-electron chi connectivity index (χ4n) is 1.95. The van der Waals surface area contributed by atoms with E-state index in [2.05, 4.69) is 11.4 Å². The molecule has 1 aliphatic rings. The van der Waals surface area contributed by atoms with E-state index < -0.39 is 5.97 Å². The molecule has 1 aromatic carbocycles. The molecule has 1 heterocycles. The number of halogens is 1. The highest BCUT2D eigenvalue weighted by atomic mass is 35.5. The van der Waals surface area contributed by atoms with Crippen LogP contribution in [-0.2, 0) is 11.2 Å². The Morgan fingerprint density at radius 3 is 2.93 bits per heavy atom. The van der Waals surface area contributed by atoms with Crippen LogP contribution in [-0.4, -0.2) is 17.6 Å². The first kappa shape index (κ1) is 12.0. The second-order valence-electron chi connectivity index (χ2n) is 3.55. The van der Waals surface area contributed by atoms with E-state index in [1.54, 1.807) is 0 Å². The molecule has 1 aromatic rings. The standard InChI is InChI=1S/C11H13NO2.ClH/c13-11(14)7-10-9-4-2-1-3-8(9)5-6-12-10;/h1-4,10,12H,5-7H2,(H,13,14);1H/t10-;/m0./s1. The van der Waals surface area contributed by atoms with Crippen LogP contribution in [0.3, 0.4) is 0 Å². The molecule has 0 saturated heterocycles. The molecule has 0 bridgehead atoms. The molecule has 0 saturated carbocycles. The van der Waals surface area contributed by atoms with Crippen molar-refractivity contribution in [3.05, 3.63) is 35.4 Å². The van der Waals surface area contributed by atoms with Crippen LogP contribution in [0.4, 0.5) is 0 Å². The summed E-state index contributed by atoms with van der Waals surface area (Å²) in [5.41, 5.74) is 2.42. The molecule has 2 rings (SSSR count). The molecule has 0 fully saturated rings. The zero-order chi connectivity index (χ0) is 9.97. The minimum atomic E-state index is -0.751. The van der Waals surface area contributed by atoms with Crippen molar-refractivity contribution in [1.29, 1.82) is 0 Å². The third-order valence-corrected chi connectivity index (χ3v) is 2.59. The molecule has 0 unspecified atom stereocenters. The average Bonchev–Trinajstić information content (AvgIpc) is 2.18. The van der Waals surface area contributed by atoms with Gasteiger partial charge in [0.1, 0.15) is 0 Å². The van der Waals surface area contributed by atoms with Gasteiger partial charge in [-0.25, -0.2) is 0 Å². The summed E-state index contributed by atoms with van der Waals surface area (Å²) in [7, 11) is 0. The fourth-order valence-corrected chi connectivity index (χ4v) is 1.95. The van der Waals surface area contributed by atoms with Crippen LogP contribution in [0, 0.1) is 0 Å². The molecule has 82 valence electrons. The number of carboxylic acid groups (broad SMARTS) is 1. The number of carboxylic acids is 1. The summed E-state index contributed by atoms with van der Waals surface area (Å²) >= 11 is 0. The Bertz CT molecular complexity index is 354. The summed E-state index contributed by atoms with van der Waals surface area (Å²) in [6, 6.07) is 8.03. The Labute approximate surface area is 94.9 Å². The Hall–Kier alpha value is -1.06. The maximum atomic E-state index is 10.6. The summed E-state index contributed by atoms with van der Waals surface area (Å²) < 4.78 is 0. The van der Waals surface area contributed by atoms with Gasteiger partial charge in [-0.3, -0.25) is 4.79 Å². The van der Waals surface area contributed by atoms with Crippen molar-refractivity contribution < 1.29 is 9.90 Å². The molecule has 3 nitrogen and oxygen atoms in total. The Morgan fingerprint density at radius 2 is 2.20 bits per heavy atom. The third-order valence-electron chi connectivity index (χ3n) is 2.59. The smallest absolute Gasteiger partial charge is 0.305 e. The maximum absolute atomic E-state index is 10.6. The highest BCUT2D eigenvalue weighted by molar-refractivity contribution is 5.85. The van der Waals surface area contributed by atoms with Crippen LogP contribution < -0.4 is 5.32 Å². The summed E-state index contributed by atoms with van der Waals surface area (Å²) in [4.78, 5) is 10.6. The van der Waals surface area contributed by atoms with E-state index >= 15 is 0 Å². The molecule has 4 heteroatoms. The summed E-state index contributed by atoms with van der Waals surface area (Å²) in [6.07, 6.45) is 1.16. The van der Waals surface area contributed by atoms with E-state index in [0.29, 0.717) is 0 Å². The predicted octanol–water partition coefficient (Wildman–Crippen LogP) is 1.77. The Morgan fingerprint density at radius 1 is 1.47 bits per heavy atom. The third kappa shape index (κ3) is 2.70. The number of hydrogen-bond donors (Lipinski definition) is 2. The monoisotopic (exact) mass is 227 g/mol. The molecule has 1 aliphatic heterocycles. The number of carbonyl (C=O) groups is 1. The maximum Gasteiger partial charge on any atom is 0.305 e. The highest BCUT2D eigenvalue weighted by Crippen LogP contribution is 2.24. The topological polar surface area (TPSA) is 49.3 Å². The second-order valence-corrected chi connectivity index (χ2v) is 3.55. The zero-order valence-electron chi connectivity index (χ0n) is 8.27. The molecule has 2 N–H and O–H groups in total. The summed E-state index contributed by atoms with van der Waals surface area (Å²) in [5.74, 6) is -0.751. The van der Waals surface area contributed by atoms with Gasteiger partial charge in [0.25, 0.3) is 0 Å². The molecule has 1 atom stereocenters. The fraction of sp³-hybridized carbons (Fsp3) is 0.364. The van der Waals surface area contributed by atoms with Crippen LogP contribution >= 0.6 is 12.4 Å². The molecule has 0 aliphatic carbocycles. The van der Waals surface area contributed by atoms with Crippen molar-refractivity contribution in [1.82, 2.24) is 5.32 Å². The van der Waals surface area contributed by atoms with Gasteiger partial charge < -0.3 is 10.4 Å². The summed E-state index contributed by atoms with van der Waals surface area (Å²) in [6.45, 7) is 0.870. The normalized spacial score (nSPS) is 18.8. The van der Waals surface area contributed by atoms with E-state index in [4.69, 9.17) is 5.11 Å². The first-order valence-electron chi connectivity index (χ1n) is 4.80. The van der Waals surface area contributed by atoms with E-state index in [-0.39, 0.29) is 24.9 Å². The highest BCUT2D eigenvalue weighted by Gasteiger charge is 2.20. The number of rotatable bonds is 2. The molecule has 0 amide bonds. The Kier molecular flexibility index (Phi) is 4.12. The minimum Gasteiger partial charge on any atom is -0.481 e. The van der Waals surface area contributed by atoms with E-state index in [0.717, 1.165) is 18.5 Å². The van der Waals surface area contributed by atoms with Crippen molar-refractivity contribution in [2.45, 2.75) is 18.9 Å². The van der Waals surface area contributed by atoms with Crippen LogP contribution in [0.1, 0.15) is 23.6 Å². The van der Waals surface area contributed by atoms with Crippen molar-refractivity contribution in [3.8, 4) is 0 Å². The second kappa shape index (κ2) is 5.14. The molecule has 0 spiro atoms. The molecule has 0 aromatic heterocycles. The van der Waals surface area contributed by atoms with E-state index in [1.807, 2.05) is 18.2 Å². The van der Waals surface area contributed by atoms with Gasteiger partial charge in [0.15, 0.2) is 0 Å². The van der Waals surface area contributed by atoms with E-state index in [9.17, 15) is 4.79 Å². The van der Waals surface area contributed by atoms with Gasteiger partial charge in [-0.05, 0) is 24.1 Å². The van der Waals surface area contributed by atoms with Gasteiger partial charge >= 0.3 is 5.97 Å². The predicted molar refractivity (Wildman–Crippen MR) is 60.4 cm³/mol. The minimum absolute atomic E-state index is 0. The number of nitrogens with one attached hydrogen (secondary N) is 1.